The zero-order valence-corrected chi connectivity index (χ0v) is 4.71. The molecule has 3 nitrogen and oxygen atoms in total. The van der Waals surface area contributed by atoms with Crippen molar-refractivity contribution in [2.45, 2.75) is 0 Å². The lowest BCUT2D eigenvalue weighted by Crippen LogP contribution is -1.97. The highest BCUT2D eigenvalue weighted by atomic mass is 19.1. The average molecular weight is 144 g/mol. The summed E-state index contributed by atoms with van der Waals surface area (Å²) in [6, 6.07) is -1.79. The number of hydrogen-bond donors (Lipinski definition) is 0. The van der Waals surface area contributed by atoms with E-state index in [1.54, 1.807) is 0 Å². The average Bonchev–Trinajstić information content (AvgIpc) is 1.88. The number of halogens is 2. The molecule has 0 aliphatic heterocycles. The van der Waals surface area contributed by atoms with E-state index in [1.165, 1.54) is 0 Å². The van der Waals surface area contributed by atoms with Crippen molar-refractivity contribution < 1.29 is 13.6 Å². The number of rotatable bonds is 1. The van der Waals surface area contributed by atoms with Gasteiger partial charge < -0.3 is 0 Å². The van der Waals surface area contributed by atoms with Crippen LogP contribution in [0.25, 0.3) is 0 Å². The fourth-order valence-electron chi connectivity index (χ4n) is 0.437. The molecule has 0 fully saturated rings. The molecule has 1 aromatic heterocycles. The number of carbonyl (C=O) groups excluding carboxylic acids is 1. The molecule has 0 saturated carbocycles. The first-order valence-electron chi connectivity index (χ1n) is 2.37. The number of carbonyl (C=O) groups is 1. The number of aromatic nitrogens is 2. The molecular weight excluding hydrogens is 142 g/mol. The molecule has 0 unspecified atom stereocenters. The molecule has 1 rings (SSSR count). The first-order chi connectivity index (χ1) is 4.70. The minimum atomic E-state index is -1.79. The van der Waals surface area contributed by atoms with Crippen LogP contribution < -0.4 is 0 Å². The van der Waals surface area contributed by atoms with E-state index >= 15 is 0 Å². The molecule has 0 amide bonds. The summed E-state index contributed by atoms with van der Waals surface area (Å²) in [6.45, 7) is 0. The van der Waals surface area contributed by atoms with Crippen LogP contribution in [0.4, 0.5) is 8.78 Å². The van der Waals surface area contributed by atoms with E-state index in [0.717, 1.165) is 12.4 Å². The van der Waals surface area contributed by atoms with E-state index in [9.17, 15) is 13.6 Å². The summed E-state index contributed by atoms with van der Waals surface area (Å²) in [5, 5.41) is 0. The zero-order valence-electron chi connectivity index (χ0n) is 4.71. The third-order valence-corrected chi connectivity index (χ3v) is 0.807. The predicted molar refractivity (Wildman–Crippen MR) is 27.4 cm³/mol. The van der Waals surface area contributed by atoms with Gasteiger partial charge in [0.25, 0.3) is 0 Å². The van der Waals surface area contributed by atoms with Gasteiger partial charge in [-0.15, -0.1) is 0 Å². The third kappa shape index (κ3) is 1.31. The molecule has 0 spiro atoms. The summed E-state index contributed by atoms with van der Waals surface area (Å²) in [5.74, 6) is -0.969. The minimum Gasteiger partial charge on any atom is -0.257 e. The smallest absolute Gasteiger partial charge is 0.257 e. The molecule has 1 aromatic rings. The Morgan fingerprint density at radius 1 is 1.50 bits per heavy atom. The Labute approximate surface area is 54.7 Å². The molecule has 0 aromatic carbocycles. The summed E-state index contributed by atoms with van der Waals surface area (Å²) >= 11 is 0. The molecule has 0 aliphatic rings. The van der Waals surface area contributed by atoms with E-state index in [0.29, 0.717) is 0 Å². The normalized spacial score (nSPS) is 9.40. The van der Waals surface area contributed by atoms with Gasteiger partial charge in [0.15, 0.2) is 5.69 Å². The summed E-state index contributed by atoms with van der Waals surface area (Å²) < 4.78 is 23.7. The van der Waals surface area contributed by atoms with Crippen LogP contribution in [0.1, 0.15) is 10.5 Å². The molecule has 0 atom stereocenters. The first-order valence-corrected chi connectivity index (χ1v) is 2.37. The van der Waals surface area contributed by atoms with Gasteiger partial charge in [-0.25, -0.2) is 4.98 Å². The van der Waals surface area contributed by atoms with Crippen LogP contribution in [0.3, 0.4) is 0 Å². The maximum atomic E-state index is 12.0. The highest BCUT2D eigenvalue weighted by molar-refractivity contribution is 5.85. The zero-order chi connectivity index (χ0) is 7.56. The number of nitrogens with zero attached hydrogens (tertiary/aromatic N) is 2. The van der Waals surface area contributed by atoms with E-state index in [2.05, 4.69) is 9.97 Å². The lowest BCUT2D eigenvalue weighted by molar-refractivity contribution is 0.0828. The predicted octanol–water partition coefficient (Wildman–Crippen LogP) is 0.725. The van der Waals surface area contributed by atoms with Gasteiger partial charge in [0, 0.05) is 0 Å². The van der Waals surface area contributed by atoms with Crippen molar-refractivity contribution in [1.29, 1.82) is 0 Å². The van der Waals surface area contributed by atoms with Crippen molar-refractivity contribution in [3.63, 3.8) is 0 Å². The first kappa shape index (κ1) is 6.73. The van der Waals surface area contributed by atoms with Gasteiger partial charge in [0.1, 0.15) is 0 Å². The highest BCUT2D eigenvalue weighted by Gasteiger charge is 2.05. The van der Waals surface area contributed by atoms with Crippen molar-refractivity contribution in [3.8, 4) is 0 Å². The summed E-state index contributed by atoms with van der Waals surface area (Å²) in [4.78, 5) is 16.0. The number of hydrogen-bond acceptors (Lipinski definition) is 3. The largest absolute Gasteiger partial charge is 0.352 e. The maximum absolute atomic E-state index is 12.0. The van der Waals surface area contributed by atoms with Crippen molar-refractivity contribution in [2.75, 3.05) is 0 Å². The Kier molecular flexibility index (Phi) is 1.66. The van der Waals surface area contributed by atoms with Crippen LogP contribution in [0, 0.1) is 5.95 Å². The van der Waals surface area contributed by atoms with Gasteiger partial charge in [-0.2, -0.15) is 8.78 Å². The van der Waals surface area contributed by atoms with Crippen molar-refractivity contribution >= 4 is 6.04 Å². The SMILES string of the molecule is O=C(F)c1cncc(F)n1. The van der Waals surface area contributed by atoms with Crippen LogP contribution in [-0.2, 0) is 0 Å². The van der Waals surface area contributed by atoms with Crippen LogP contribution in [0.5, 0.6) is 0 Å². The molecule has 1 heterocycles. The standard InChI is InChI=1S/C5H2F2N2O/c6-4-2-8-1-3(9-4)5(7)10/h1-2H. The molecule has 0 bridgehead atoms. The van der Waals surface area contributed by atoms with Crippen LogP contribution >= 0.6 is 0 Å². The van der Waals surface area contributed by atoms with Gasteiger partial charge in [-0.3, -0.25) is 9.78 Å². The van der Waals surface area contributed by atoms with Gasteiger partial charge in [-0.05, 0) is 0 Å². The molecule has 0 aliphatic carbocycles. The molecule has 5 heteroatoms. The van der Waals surface area contributed by atoms with Crippen molar-refractivity contribution in [2.24, 2.45) is 0 Å². The van der Waals surface area contributed by atoms with Crippen molar-refractivity contribution in [3.05, 3.63) is 24.0 Å². The summed E-state index contributed by atoms with van der Waals surface area (Å²) in [6.07, 6.45) is 1.64. The molecule has 10 heavy (non-hydrogen) atoms. The summed E-state index contributed by atoms with van der Waals surface area (Å²) in [7, 11) is 0. The van der Waals surface area contributed by atoms with Gasteiger partial charge in [-0.1, -0.05) is 0 Å². The second-order valence-electron chi connectivity index (χ2n) is 1.50. The molecule has 0 saturated heterocycles. The molecule has 0 N–H and O–H groups in total. The van der Waals surface area contributed by atoms with E-state index in [1.807, 2.05) is 0 Å². The van der Waals surface area contributed by atoms with E-state index in [4.69, 9.17) is 0 Å². The Hall–Kier alpha value is -1.39. The molecule has 52 valence electrons. The molecular formula is C5H2F2N2O. The van der Waals surface area contributed by atoms with E-state index in [-0.39, 0.29) is 0 Å². The topological polar surface area (TPSA) is 42.9 Å². The van der Waals surface area contributed by atoms with Crippen LogP contribution in [0.2, 0.25) is 0 Å². The fraction of sp³-hybridized carbons (Fsp3) is 0. The molecule has 0 radical (unpaired) electrons. The lowest BCUT2D eigenvalue weighted by Gasteiger charge is -1.88. The van der Waals surface area contributed by atoms with Gasteiger partial charge >= 0.3 is 6.04 Å². The second-order valence-corrected chi connectivity index (χ2v) is 1.50. The van der Waals surface area contributed by atoms with Gasteiger partial charge in [0.2, 0.25) is 5.95 Å². The van der Waals surface area contributed by atoms with Crippen LogP contribution in [0.15, 0.2) is 12.4 Å². The Morgan fingerprint density at radius 3 is 2.60 bits per heavy atom. The summed E-state index contributed by atoms with van der Waals surface area (Å²) in [5.41, 5.74) is -0.611. The van der Waals surface area contributed by atoms with Gasteiger partial charge in [0.05, 0.1) is 12.4 Å². The van der Waals surface area contributed by atoms with E-state index < -0.39 is 17.7 Å². The van der Waals surface area contributed by atoms with Crippen LogP contribution in [-0.4, -0.2) is 16.0 Å². The monoisotopic (exact) mass is 144 g/mol. The quantitative estimate of drug-likeness (QED) is 0.545. The highest BCUT2D eigenvalue weighted by Crippen LogP contribution is 1.95. The second kappa shape index (κ2) is 2.47. The minimum absolute atomic E-state index is 0.611. The Bertz CT molecular complexity index is 264. The van der Waals surface area contributed by atoms with Crippen molar-refractivity contribution in [1.82, 2.24) is 9.97 Å². The fourth-order valence-corrected chi connectivity index (χ4v) is 0.437. The maximum Gasteiger partial charge on any atom is 0.352 e. The third-order valence-electron chi connectivity index (χ3n) is 0.807. The Morgan fingerprint density at radius 2 is 2.20 bits per heavy atom. The Balaban J connectivity index is 3.07. The lowest BCUT2D eigenvalue weighted by atomic mass is 10.5.